The first-order valence-corrected chi connectivity index (χ1v) is 13.3. The fourth-order valence-electron chi connectivity index (χ4n) is 5.32. The summed E-state index contributed by atoms with van der Waals surface area (Å²) in [5, 5.41) is 8.20. The smallest absolute Gasteiger partial charge is 0.342 e. The molecule has 5 rings (SSSR count). The van der Waals surface area contributed by atoms with Crippen molar-refractivity contribution in [2.75, 3.05) is 62.0 Å². The van der Waals surface area contributed by atoms with Gasteiger partial charge >= 0.3 is 5.92 Å². The van der Waals surface area contributed by atoms with Crippen LogP contribution in [0.3, 0.4) is 0 Å². The number of anilines is 4. The maximum absolute atomic E-state index is 14.9. The molecule has 0 unspecified atom stereocenters. The second kappa shape index (κ2) is 11.3. The maximum Gasteiger partial charge on any atom is 0.342 e. The Morgan fingerprint density at radius 3 is 2.64 bits per heavy atom. The van der Waals surface area contributed by atoms with Gasteiger partial charge in [-0.15, -0.1) is 0 Å². The summed E-state index contributed by atoms with van der Waals surface area (Å²) in [6.45, 7) is 2.29. The Morgan fingerprint density at radius 1 is 1.18 bits per heavy atom. The van der Waals surface area contributed by atoms with Crippen LogP contribution in [0.4, 0.5) is 31.9 Å². The van der Waals surface area contributed by atoms with Crippen molar-refractivity contribution in [1.29, 1.82) is 0 Å². The molecule has 0 spiro atoms. The van der Waals surface area contributed by atoms with Gasteiger partial charge in [-0.05, 0) is 31.0 Å². The fourth-order valence-corrected chi connectivity index (χ4v) is 5.32. The van der Waals surface area contributed by atoms with Gasteiger partial charge in [0.2, 0.25) is 5.95 Å². The number of halogens is 2. The Bertz CT molecular complexity index is 1220. The van der Waals surface area contributed by atoms with Crippen molar-refractivity contribution in [2.45, 2.75) is 44.1 Å². The molecule has 1 saturated heterocycles. The molecule has 39 heavy (non-hydrogen) atoms. The second-order valence-electron chi connectivity index (χ2n) is 10.1. The highest BCUT2D eigenvalue weighted by atomic mass is 19.3. The van der Waals surface area contributed by atoms with E-state index in [1.807, 2.05) is 5.01 Å². The fraction of sp³-hybridized carbons (Fsp3) is 0.538. The van der Waals surface area contributed by atoms with Crippen molar-refractivity contribution in [2.24, 2.45) is 0 Å². The average Bonchev–Trinajstić information content (AvgIpc) is 3.03. The Balaban J connectivity index is 1.41. The van der Waals surface area contributed by atoms with Gasteiger partial charge in [-0.2, -0.15) is 13.8 Å². The SMILES string of the molecule is COc1cc(C(=O)NN2CCNCC2)ccc1Nc1ncc2c(n1)N(C1CCCCC1)CC(F)(F)C(=O)N2C. The van der Waals surface area contributed by atoms with E-state index < -0.39 is 18.4 Å². The van der Waals surface area contributed by atoms with Crippen LogP contribution in [0.25, 0.3) is 0 Å². The molecule has 2 aromatic rings. The molecular formula is C26H34F2N8O3. The van der Waals surface area contributed by atoms with Gasteiger partial charge in [0.1, 0.15) is 11.4 Å². The average molecular weight is 545 g/mol. The van der Waals surface area contributed by atoms with Crippen LogP contribution in [-0.2, 0) is 4.79 Å². The summed E-state index contributed by atoms with van der Waals surface area (Å²) in [4.78, 5) is 36.8. The molecule has 2 amide bonds. The monoisotopic (exact) mass is 544 g/mol. The number of amides is 2. The summed E-state index contributed by atoms with van der Waals surface area (Å²) >= 11 is 0. The van der Waals surface area contributed by atoms with Gasteiger partial charge in [0.05, 0.1) is 25.5 Å². The molecule has 3 heterocycles. The number of rotatable bonds is 6. The molecule has 0 atom stereocenters. The third-order valence-corrected chi connectivity index (χ3v) is 7.47. The number of fused-ring (bicyclic) bond motifs is 1. The highest BCUT2D eigenvalue weighted by molar-refractivity contribution is 6.02. The van der Waals surface area contributed by atoms with E-state index in [-0.39, 0.29) is 23.6 Å². The number of aromatic nitrogens is 2. The molecule has 2 fully saturated rings. The van der Waals surface area contributed by atoms with Crippen LogP contribution in [0.2, 0.25) is 0 Å². The van der Waals surface area contributed by atoms with Crippen LogP contribution < -0.4 is 30.6 Å². The van der Waals surface area contributed by atoms with E-state index in [9.17, 15) is 18.4 Å². The quantitative estimate of drug-likeness (QED) is 0.505. The highest BCUT2D eigenvalue weighted by Crippen LogP contribution is 2.39. The maximum atomic E-state index is 14.9. The third-order valence-electron chi connectivity index (χ3n) is 7.47. The Labute approximate surface area is 225 Å². The number of nitrogens with zero attached hydrogens (tertiary/aromatic N) is 5. The molecule has 2 aliphatic heterocycles. The summed E-state index contributed by atoms with van der Waals surface area (Å²) in [7, 11) is 2.81. The first-order valence-electron chi connectivity index (χ1n) is 13.3. The number of alkyl halides is 2. The number of hydrogen-bond acceptors (Lipinski definition) is 9. The number of piperazine rings is 1. The van der Waals surface area contributed by atoms with Crippen LogP contribution in [0.1, 0.15) is 42.5 Å². The summed E-state index contributed by atoms with van der Waals surface area (Å²) in [5.74, 6) is -4.23. The molecule has 1 aromatic heterocycles. The minimum absolute atomic E-state index is 0.145. The largest absolute Gasteiger partial charge is 0.495 e. The molecular weight excluding hydrogens is 510 g/mol. The van der Waals surface area contributed by atoms with Gasteiger partial charge in [-0.25, -0.2) is 9.99 Å². The Morgan fingerprint density at radius 2 is 1.92 bits per heavy atom. The van der Waals surface area contributed by atoms with Gasteiger partial charge in [-0.3, -0.25) is 15.0 Å². The number of nitrogens with one attached hydrogen (secondary N) is 3. The summed E-state index contributed by atoms with van der Waals surface area (Å²) in [6, 6.07) is 4.81. The lowest BCUT2D eigenvalue weighted by molar-refractivity contribution is -0.140. The van der Waals surface area contributed by atoms with E-state index in [1.165, 1.54) is 20.4 Å². The van der Waals surface area contributed by atoms with E-state index in [4.69, 9.17) is 4.74 Å². The standard InChI is InChI=1S/C26H34F2N8O3/c1-34-20-15-30-25(32-22(20)36(16-26(27,28)24(34)38)18-6-4-3-5-7-18)31-19-9-8-17(14-21(19)39-2)23(37)33-35-12-10-29-11-13-35/h8-9,14-15,18,29H,3-7,10-13,16H2,1-2H3,(H,33,37)(H,30,31,32). The zero-order chi connectivity index (χ0) is 27.6. The van der Waals surface area contributed by atoms with E-state index in [0.717, 1.165) is 50.1 Å². The topological polar surface area (TPSA) is 115 Å². The van der Waals surface area contributed by atoms with Gasteiger partial charge in [0.15, 0.2) is 5.82 Å². The molecule has 1 aromatic carbocycles. The van der Waals surface area contributed by atoms with Crippen molar-refractivity contribution in [1.82, 2.24) is 25.7 Å². The van der Waals surface area contributed by atoms with Crippen LogP contribution in [0, 0.1) is 0 Å². The molecule has 0 bridgehead atoms. The van der Waals surface area contributed by atoms with Gasteiger partial charge < -0.3 is 25.2 Å². The number of benzene rings is 1. The first kappa shape index (κ1) is 27.0. The molecule has 210 valence electrons. The van der Waals surface area contributed by atoms with Crippen LogP contribution in [-0.4, -0.2) is 85.6 Å². The van der Waals surface area contributed by atoms with Crippen LogP contribution in [0.15, 0.2) is 24.4 Å². The third kappa shape index (κ3) is 5.74. The van der Waals surface area contributed by atoms with Crippen molar-refractivity contribution in [3.63, 3.8) is 0 Å². The summed E-state index contributed by atoms with van der Waals surface area (Å²) < 4.78 is 35.4. The van der Waals surface area contributed by atoms with E-state index in [1.54, 1.807) is 23.1 Å². The number of hydrazine groups is 1. The van der Waals surface area contributed by atoms with Crippen LogP contribution in [0.5, 0.6) is 5.75 Å². The molecule has 0 radical (unpaired) electrons. The lowest BCUT2D eigenvalue weighted by Crippen LogP contribution is -2.52. The van der Waals surface area contributed by atoms with Crippen LogP contribution >= 0.6 is 0 Å². The second-order valence-corrected chi connectivity index (χ2v) is 10.1. The van der Waals surface area contributed by atoms with Crippen molar-refractivity contribution < 1.29 is 23.1 Å². The molecule has 1 saturated carbocycles. The predicted octanol–water partition coefficient (Wildman–Crippen LogP) is 2.53. The van der Waals surface area contributed by atoms with Gasteiger partial charge in [-0.1, -0.05) is 19.3 Å². The lowest BCUT2D eigenvalue weighted by atomic mass is 9.94. The molecule has 1 aliphatic carbocycles. The first-order chi connectivity index (χ1) is 18.8. The zero-order valence-electron chi connectivity index (χ0n) is 22.2. The lowest BCUT2D eigenvalue weighted by Gasteiger charge is -2.35. The normalized spacial score (nSPS) is 20.3. The van der Waals surface area contributed by atoms with E-state index in [0.29, 0.717) is 35.9 Å². The van der Waals surface area contributed by atoms with E-state index in [2.05, 4.69) is 26.0 Å². The van der Waals surface area contributed by atoms with Crippen molar-refractivity contribution in [3.8, 4) is 5.75 Å². The van der Waals surface area contributed by atoms with Crippen molar-refractivity contribution in [3.05, 3.63) is 30.0 Å². The number of ether oxygens (including phenoxy) is 1. The molecule has 11 nitrogen and oxygen atoms in total. The predicted molar refractivity (Wildman–Crippen MR) is 143 cm³/mol. The Hall–Kier alpha value is -3.58. The number of hydrogen-bond donors (Lipinski definition) is 3. The molecule has 3 N–H and O–H groups in total. The number of carbonyl (C=O) groups excluding carboxylic acids is 2. The van der Waals surface area contributed by atoms with Crippen molar-refractivity contribution >= 4 is 35.0 Å². The zero-order valence-corrected chi connectivity index (χ0v) is 22.2. The molecule has 3 aliphatic rings. The molecule has 13 heteroatoms. The number of carbonyl (C=O) groups is 2. The van der Waals surface area contributed by atoms with Gasteiger partial charge in [0.25, 0.3) is 11.8 Å². The minimum atomic E-state index is -3.55. The van der Waals surface area contributed by atoms with Gasteiger partial charge in [0, 0.05) is 44.8 Å². The summed E-state index contributed by atoms with van der Waals surface area (Å²) in [5.41, 5.74) is 4.06. The number of methoxy groups -OCH3 is 1. The summed E-state index contributed by atoms with van der Waals surface area (Å²) in [6.07, 6.45) is 5.84. The Kier molecular flexibility index (Phi) is 7.80. The van der Waals surface area contributed by atoms with E-state index >= 15 is 0 Å². The minimum Gasteiger partial charge on any atom is -0.495 e. The highest BCUT2D eigenvalue weighted by Gasteiger charge is 2.48.